The average Bonchev–Trinajstić information content (AvgIpc) is 3.02. The molecule has 15 heteroatoms. The monoisotopic (exact) mass is 682 g/mol. The lowest BCUT2D eigenvalue weighted by molar-refractivity contribution is 0.00437. The van der Waals surface area contributed by atoms with Crippen molar-refractivity contribution in [1.29, 1.82) is 0 Å². The van der Waals surface area contributed by atoms with E-state index in [4.69, 9.17) is 63.8 Å². The van der Waals surface area contributed by atoms with Crippen LogP contribution in [-0.2, 0) is 23.3 Å². The number of nitrogens with zero attached hydrogens (tertiary/aromatic N) is 2. The zero-order chi connectivity index (χ0) is 29.3. The quantitative estimate of drug-likeness (QED) is 0.183. The summed E-state index contributed by atoms with van der Waals surface area (Å²) in [6, 6.07) is 24.1. The average molecular weight is 683 g/mol. The molecule has 3 aliphatic heterocycles. The van der Waals surface area contributed by atoms with E-state index in [1.165, 1.54) is 0 Å². The number of rotatable bonds is 0. The maximum Gasteiger partial charge on any atom is 0.584 e. The summed E-state index contributed by atoms with van der Waals surface area (Å²) in [4.78, 5) is 3.15. The van der Waals surface area contributed by atoms with Crippen molar-refractivity contribution in [2.75, 3.05) is 52.9 Å². The van der Waals surface area contributed by atoms with Crippen molar-refractivity contribution < 1.29 is 32.3 Å². The van der Waals surface area contributed by atoms with Gasteiger partial charge in [0.25, 0.3) is 5.91 Å². The standard InChI is InChI=1S/C28H29Cl2N3O7P3/c29-41(30)31-42-33-43(32-41,38-20-18-36-16-14-34-13-15-35-17-19-37-42)40-26-12-10-22-6-2-4-8-24(22)28(26)27-23-7-3-1-5-21(23)9-11-25(27)39-42/h1-12,31H,13-20H2/q+1/t42-,43?/m1/s1. The molecule has 226 valence electrons. The lowest BCUT2D eigenvalue weighted by atomic mass is 9.92. The fourth-order valence-electron chi connectivity index (χ4n) is 5.14. The Labute approximate surface area is 259 Å². The highest BCUT2D eigenvalue weighted by atomic mass is 35.9. The van der Waals surface area contributed by atoms with Crippen LogP contribution >= 0.6 is 44.1 Å². The minimum Gasteiger partial charge on any atom is -0.424 e. The zero-order valence-electron chi connectivity index (χ0n) is 22.9. The van der Waals surface area contributed by atoms with Crippen molar-refractivity contribution >= 4 is 65.6 Å². The summed E-state index contributed by atoms with van der Waals surface area (Å²) >= 11 is 13.8. The van der Waals surface area contributed by atoms with Gasteiger partial charge in [0.05, 0.1) is 46.2 Å². The predicted octanol–water partition coefficient (Wildman–Crippen LogP) is 9.18. The molecule has 0 radical (unpaired) electrons. The molecule has 1 unspecified atom stereocenters. The molecule has 0 aliphatic carbocycles. The minimum atomic E-state index is -3.60. The molecule has 3 heterocycles. The van der Waals surface area contributed by atoms with Crippen LogP contribution < -0.4 is 13.9 Å². The van der Waals surface area contributed by atoms with Crippen molar-refractivity contribution in [3.8, 4) is 22.6 Å². The second-order valence-corrected chi connectivity index (χ2v) is 19.3. The molecule has 43 heavy (non-hydrogen) atoms. The van der Waals surface area contributed by atoms with E-state index in [0.717, 1.165) is 32.7 Å². The number of nitrogens with one attached hydrogen (secondary N) is 1. The van der Waals surface area contributed by atoms with E-state index in [1.807, 2.05) is 48.5 Å². The summed E-state index contributed by atoms with van der Waals surface area (Å²) in [5.41, 5.74) is 1.65. The predicted molar refractivity (Wildman–Crippen MR) is 173 cm³/mol. The van der Waals surface area contributed by atoms with E-state index < -0.39 is 21.6 Å². The molecule has 7 rings (SSSR count). The Kier molecular flexibility index (Phi) is 8.73. The second-order valence-electron chi connectivity index (χ2n) is 9.78. The van der Waals surface area contributed by atoms with Gasteiger partial charge in [0.2, 0.25) is 0 Å². The fourth-order valence-corrected chi connectivity index (χ4v) is 16.5. The summed E-state index contributed by atoms with van der Waals surface area (Å²) in [5, 5.41) is 3.99. The van der Waals surface area contributed by atoms with Crippen LogP contribution in [0.2, 0.25) is 0 Å². The van der Waals surface area contributed by atoms with Crippen LogP contribution in [0.4, 0.5) is 0 Å². The van der Waals surface area contributed by atoms with Crippen molar-refractivity contribution in [3.05, 3.63) is 72.8 Å². The van der Waals surface area contributed by atoms with E-state index in [2.05, 4.69) is 29.1 Å². The lowest BCUT2D eigenvalue weighted by Crippen LogP contribution is -2.20. The van der Waals surface area contributed by atoms with E-state index in [-0.39, 0.29) is 26.4 Å². The molecule has 0 saturated carbocycles. The Bertz CT molecular complexity index is 1790. The molecule has 2 atom stereocenters. The van der Waals surface area contributed by atoms with Gasteiger partial charge in [-0.05, 0) is 60.7 Å². The van der Waals surface area contributed by atoms with Crippen molar-refractivity contribution in [2.24, 2.45) is 9.03 Å². The van der Waals surface area contributed by atoms with E-state index in [9.17, 15) is 0 Å². The smallest absolute Gasteiger partial charge is 0.424 e. The minimum absolute atomic E-state index is 0.121. The number of ether oxygens (including phenoxy) is 3. The number of hydrogen-bond donors (Lipinski definition) is 1. The second kappa shape index (κ2) is 12.6. The fraction of sp³-hybridized carbons (Fsp3) is 0.286. The molecule has 1 N–H and O–H groups in total. The van der Waals surface area contributed by atoms with Gasteiger partial charge < -0.3 is 18.7 Å². The van der Waals surface area contributed by atoms with Crippen LogP contribution in [0.25, 0.3) is 32.7 Å². The van der Waals surface area contributed by atoms with Gasteiger partial charge in [0.1, 0.15) is 12.4 Å². The van der Waals surface area contributed by atoms with Crippen LogP contribution in [-0.4, -0.2) is 52.9 Å². The molecule has 0 spiro atoms. The Balaban J connectivity index is 1.48. The first-order valence-electron chi connectivity index (χ1n) is 13.8. The molecule has 0 fully saturated rings. The van der Waals surface area contributed by atoms with Gasteiger partial charge in [-0.1, -0.05) is 60.7 Å². The lowest BCUT2D eigenvalue weighted by Gasteiger charge is -2.30. The molecule has 0 saturated heterocycles. The Morgan fingerprint density at radius 1 is 0.628 bits per heavy atom. The number of benzene rings is 4. The number of halogens is 2. The molecule has 4 aromatic carbocycles. The van der Waals surface area contributed by atoms with Crippen LogP contribution in [0.1, 0.15) is 0 Å². The number of hydrogen-bond acceptors (Lipinski definition) is 10. The Hall–Kier alpha value is -1.77. The van der Waals surface area contributed by atoms with Gasteiger partial charge >= 0.3 is 15.7 Å². The summed E-state index contributed by atoms with van der Waals surface area (Å²) in [6.45, 7) is 2.44. The molecule has 10 nitrogen and oxygen atoms in total. The van der Waals surface area contributed by atoms with Crippen molar-refractivity contribution in [2.45, 2.75) is 0 Å². The maximum atomic E-state index is 6.88. The van der Waals surface area contributed by atoms with Crippen LogP contribution in [0.3, 0.4) is 0 Å². The summed E-state index contributed by atoms with van der Waals surface area (Å²) < 4.78 is 53.3. The summed E-state index contributed by atoms with van der Waals surface area (Å²) in [6.07, 6.45) is 0. The molecule has 0 amide bonds. The Morgan fingerprint density at radius 3 is 1.86 bits per heavy atom. The third-order valence-corrected chi connectivity index (χ3v) is 17.0. The van der Waals surface area contributed by atoms with Gasteiger partial charge in [0, 0.05) is 15.6 Å². The van der Waals surface area contributed by atoms with Crippen molar-refractivity contribution in [3.63, 3.8) is 0 Å². The first-order valence-corrected chi connectivity index (χ1v) is 20.4. The highest BCUT2D eigenvalue weighted by Gasteiger charge is 2.59. The molecule has 0 aromatic heterocycles. The van der Waals surface area contributed by atoms with Gasteiger partial charge in [-0.25, -0.2) is 0 Å². The van der Waals surface area contributed by atoms with Crippen LogP contribution in [0.5, 0.6) is 11.5 Å². The van der Waals surface area contributed by atoms with E-state index >= 15 is 0 Å². The molecular formula is C28H29Cl2N3O7P3+. The number of fused-ring (bicyclic) bond motifs is 7. The molecule has 3 aliphatic rings. The Morgan fingerprint density at radius 2 is 1.19 bits per heavy atom. The SMILES string of the molecule is ClP1(Cl)=N[P+]23N=[P@](N1)(OCCOCCOCCOCCO2)Oc1ccc2ccccc2c1-c1c(ccc2ccccc12)O3. The summed E-state index contributed by atoms with van der Waals surface area (Å²) in [5.74, 6) is -2.26. The van der Waals surface area contributed by atoms with Gasteiger partial charge in [0.15, 0.2) is 5.75 Å². The first-order chi connectivity index (χ1) is 21.0. The normalized spacial score (nSPS) is 26.2. The highest BCUT2D eigenvalue weighted by molar-refractivity contribution is 8.14. The van der Waals surface area contributed by atoms with E-state index in [0.29, 0.717) is 37.9 Å². The van der Waals surface area contributed by atoms with E-state index in [1.54, 1.807) is 0 Å². The zero-order valence-corrected chi connectivity index (χ0v) is 27.1. The maximum absolute atomic E-state index is 6.88. The topological polar surface area (TPSA) is 101 Å². The largest absolute Gasteiger partial charge is 0.584 e. The van der Waals surface area contributed by atoms with Gasteiger partial charge in [-0.2, -0.15) is 9.38 Å². The summed E-state index contributed by atoms with van der Waals surface area (Å²) in [7, 11) is -7.10. The van der Waals surface area contributed by atoms with Gasteiger partial charge in [-0.3, -0.25) is 9.05 Å². The van der Waals surface area contributed by atoms with Crippen LogP contribution in [0.15, 0.2) is 81.8 Å². The molecule has 4 aromatic rings. The molecular weight excluding hydrogens is 654 g/mol. The van der Waals surface area contributed by atoms with Crippen LogP contribution in [0, 0.1) is 0 Å². The van der Waals surface area contributed by atoms with Gasteiger partial charge in [-0.15, -0.1) is 0 Å². The first kappa shape index (κ1) is 29.9. The van der Waals surface area contributed by atoms with Crippen molar-refractivity contribution in [1.82, 2.24) is 4.86 Å². The third-order valence-electron chi connectivity index (χ3n) is 6.90. The third kappa shape index (κ3) is 6.35. The molecule has 2 bridgehead atoms. The highest BCUT2D eigenvalue weighted by Crippen LogP contribution is 2.84.